The minimum atomic E-state index is -0.912. The van der Waals surface area contributed by atoms with Crippen LogP contribution in [0.3, 0.4) is 0 Å². The summed E-state index contributed by atoms with van der Waals surface area (Å²) in [6, 6.07) is 16.9. The predicted octanol–water partition coefficient (Wildman–Crippen LogP) is 3.68. The molecule has 0 radical (unpaired) electrons. The highest BCUT2D eigenvalue weighted by molar-refractivity contribution is 5.90. The first-order valence-electron chi connectivity index (χ1n) is 8.58. The van der Waals surface area contributed by atoms with Crippen LogP contribution < -0.4 is 0 Å². The number of hydrogen-bond donors (Lipinski definition) is 1. The van der Waals surface area contributed by atoms with E-state index < -0.39 is 11.4 Å². The molecular weight excluding hydrogens is 314 g/mol. The van der Waals surface area contributed by atoms with Crippen molar-refractivity contribution in [2.45, 2.75) is 31.6 Å². The van der Waals surface area contributed by atoms with Crippen molar-refractivity contribution in [3.8, 4) is 0 Å². The molecular formula is C21H23NO3. The maximum Gasteiger partial charge on any atom is 0.335 e. The van der Waals surface area contributed by atoms with Gasteiger partial charge < -0.3 is 10.0 Å². The highest BCUT2D eigenvalue weighted by atomic mass is 16.4. The largest absolute Gasteiger partial charge is 0.478 e. The summed E-state index contributed by atoms with van der Waals surface area (Å²) < 4.78 is 0. The van der Waals surface area contributed by atoms with E-state index in [0.717, 1.165) is 17.5 Å². The van der Waals surface area contributed by atoms with E-state index in [1.54, 1.807) is 12.1 Å². The fourth-order valence-corrected chi connectivity index (χ4v) is 3.62. The Morgan fingerprint density at radius 3 is 2.36 bits per heavy atom. The molecule has 1 unspecified atom stereocenters. The lowest BCUT2D eigenvalue weighted by atomic mass is 9.83. The van der Waals surface area contributed by atoms with Crippen molar-refractivity contribution < 1.29 is 14.7 Å². The van der Waals surface area contributed by atoms with E-state index in [1.165, 1.54) is 0 Å². The molecule has 130 valence electrons. The Morgan fingerprint density at radius 2 is 1.68 bits per heavy atom. The maximum absolute atomic E-state index is 13.1. The van der Waals surface area contributed by atoms with Gasteiger partial charge in [-0.15, -0.1) is 0 Å². The molecule has 4 nitrogen and oxygen atoms in total. The van der Waals surface area contributed by atoms with Gasteiger partial charge in [-0.25, -0.2) is 4.79 Å². The maximum atomic E-state index is 13.1. The van der Waals surface area contributed by atoms with E-state index in [1.807, 2.05) is 61.2 Å². The average molecular weight is 337 g/mol. The summed E-state index contributed by atoms with van der Waals surface area (Å²) in [5.41, 5.74) is 1.56. The number of carboxylic acid groups (broad SMARTS) is 1. The molecule has 2 aromatic rings. The zero-order valence-corrected chi connectivity index (χ0v) is 14.6. The quantitative estimate of drug-likeness (QED) is 0.926. The molecule has 0 saturated carbocycles. The Kier molecular flexibility index (Phi) is 4.62. The van der Waals surface area contributed by atoms with Crippen molar-refractivity contribution in [3.63, 3.8) is 0 Å². The van der Waals surface area contributed by atoms with E-state index in [4.69, 9.17) is 0 Å². The van der Waals surface area contributed by atoms with Gasteiger partial charge in [-0.3, -0.25) is 4.79 Å². The molecule has 2 aromatic carbocycles. The molecule has 1 aliphatic rings. The van der Waals surface area contributed by atoms with Gasteiger partial charge in [-0.05, 0) is 37.5 Å². The summed E-state index contributed by atoms with van der Waals surface area (Å²) in [4.78, 5) is 26.4. The summed E-state index contributed by atoms with van der Waals surface area (Å²) in [6.07, 6.45) is 0.793. The number of hydrogen-bond acceptors (Lipinski definition) is 2. The molecule has 0 spiro atoms. The lowest BCUT2D eigenvalue weighted by Crippen LogP contribution is -2.42. The zero-order chi connectivity index (χ0) is 18.0. The van der Waals surface area contributed by atoms with Crippen molar-refractivity contribution in [2.75, 3.05) is 13.1 Å². The second-order valence-electron chi connectivity index (χ2n) is 7.12. The average Bonchev–Trinajstić information content (AvgIpc) is 3.11. The van der Waals surface area contributed by atoms with E-state index in [2.05, 4.69) is 0 Å². The van der Waals surface area contributed by atoms with E-state index in [-0.39, 0.29) is 11.8 Å². The topological polar surface area (TPSA) is 57.6 Å². The van der Waals surface area contributed by atoms with Crippen LogP contribution in [-0.2, 0) is 10.2 Å². The Labute approximate surface area is 148 Å². The summed E-state index contributed by atoms with van der Waals surface area (Å²) in [5.74, 6) is -0.748. The number of carboxylic acids is 1. The first kappa shape index (κ1) is 17.2. The number of aromatic carboxylic acids is 1. The van der Waals surface area contributed by atoms with Gasteiger partial charge in [0.05, 0.1) is 11.0 Å². The second kappa shape index (κ2) is 6.71. The van der Waals surface area contributed by atoms with Crippen molar-refractivity contribution in [3.05, 3.63) is 71.3 Å². The molecule has 25 heavy (non-hydrogen) atoms. The lowest BCUT2D eigenvalue weighted by molar-refractivity contribution is -0.135. The Morgan fingerprint density at radius 1 is 1.04 bits per heavy atom. The molecule has 0 aromatic heterocycles. The van der Waals surface area contributed by atoms with Crippen molar-refractivity contribution in [1.82, 2.24) is 4.90 Å². The van der Waals surface area contributed by atoms with Crippen molar-refractivity contribution in [2.24, 2.45) is 0 Å². The molecule has 1 atom stereocenters. The van der Waals surface area contributed by atoms with E-state index in [9.17, 15) is 14.7 Å². The van der Waals surface area contributed by atoms with Crippen molar-refractivity contribution in [1.29, 1.82) is 0 Å². The number of carbonyl (C=O) groups excluding carboxylic acids is 1. The van der Waals surface area contributed by atoms with Crippen LogP contribution in [0.25, 0.3) is 0 Å². The second-order valence-corrected chi connectivity index (χ2v) is 7.12. The molecule has 0 bridgehead atoms. The van der Waals surface area contributed by atoms with Gasteiger partial charge in [0.15, 0.2) is 0 Å². The monoisotopic (exact) mass is 337 g/mol. The van der Waals surface area contributed by atoms with Crippen LogP contribution in [0.2, 0.25) is 0 Å². The molecule has 1 fully saturated rings. The zero-order valence-electron chi connectivity index (χ0n) is 14.6. The molecule has 4 heteroatoms. The SMILES string of the molecule is CC(C)(C(=O)N1CCC(c2ccccc2C(=O)O)C1)c1ccccc1. The fraction of sp³-hybridized carbons (Fsp3) is 0.333. The fourth-order valence-electron chi connectivity index (χ4n) is 3.62. The van der Waals surface area contributed by atoms with Gasteiger partial charge in [0, 0.05) is 19.0 Å². The Bertz CT molecular complexity index is 783. The van der Waals surface area contributed by atoms with Crippen LogP contribution in [-0.4, -0.2) is 35.0 Å². The molecule has 0 aliphatic carbocycles. The third-order valence-electron chi connectivity index (χ3n) is 5.14. The minimum Gasteiger partial charge on any atom is -0.478 e. The summed E-state index contributed by atoms with van der Waals surface area (Å²) in [6.45, 7) is 5.12. The highest BCUT2D eigenvalue weighted by Gasteiger charge is 2.38. The van der Waals surface area contributed by atoms with Crippen LogP contribution >= 0.6 is 0 Å². The Balaban J connectivity index is 1.79. The minimum absolute atomic E-state index is 0.0721. The Hall–Kier alpha value is -2.62. The van der Waals surface area contributed by atoms with Gasteiger partial charge in [0.2, 0.25) is 5.91 Å². The molecule has 1 amide bonds. The highest BCUT2D eigenvalue weighted by Crippen LogP contribution is 2.33. The number of likely N-dealkylation sites (tertiary alicyclic amines) is 1. The number of rotatable bonds is 4. The number of carbonyl (C=O) groups is 2. The molecule has 1 saturated heterocycles. The molecule has 1 heterocycles. The smallest absolute Gasteiger partial charge is 0.335 e. The lowest BCUT2D eigenvalue weighted by Gasteiger charge is -2.30. The van der Waals surface area contributed by atoms with E-state index in [0.29, 0.717) is 18.7 Å². The van der Waals surface area contributed by atoms with Gasteiger partial charge >= 0.3 is 5.97 Å². The first-order chi connectivity index (χ1) is 11.9. The molecule has 1 aliphatic heterocycles. The van der Waals surface area contributed by atoms with Crippen LogP contribution in [0.4, 0.5) is 0 Å². The van der Waals surface area contributed by atoms with Gasteiger partial charge in [0.1, 0.15) is 0 Å². The van der Waals surface area contributed by atoms with Crippen molar-refractivity contribution >= 4 is 11.9 Å². The molecule has 3 rings (SSSR count). The van der Waals surface area contributed by atoms with E-state index >= 15 is 0 Å². The summed E-state index contributed by atoms with van der Waals surface area (Å²) in [7, 11) is 0. The number of amides is 1. The van der Waals surface area contributed by atoms with Gasteiger partial charge in [0.25, 0.3) is 0 Å². The van der Waals surface area contributed by atoms with Crippen LogP contribution in [0.5, 0.6) is 0 Å². The van der Waals surface area contributed by atoms with Gasteiger partial charge in [-0.2, -0.15) is 0 Å². The number of benzene rings is 2. The van der Waals surface area contributed by atoms with Crippen LogP contribution in [0.15, 0.2) is 54.6 Å². The first-order valence-corrected chi connectivity index (χ1v) is 8.58. The molecule has 1 N–H and O–H groups in total. The normalized spacial score (nSPS) is 17.5. The number of nitrogens with zero attached hydrogens (tertiary/aromatic N) is 1. The van der Waals surface area contributed by atoms with Gasteiger partial charge in [-0.1, -0.05) is 48.5 Å². The predicted molar refractivity (Wildman–Crippen MR) is 96.8 cm³/mol. The van der Waals surface area contributed by atoms with Crippen LogP contribution in [0, 0.1) is 0 Å². The third-order valence-corrected chi connectivity index (χ3v) is 5.14. The summed E-state index contributed by atoms with van der Waals surface area (Å²) in [5, 5.41) is 9.40. The summed E-state index contributed by atoms with van der Waals surface area (Å²) >= 11 is 0. The van der Waals surface area contributed by atoms with Crippen LogP contribution in [0.1, 0.15) is 47.7 Å². The third kappa shape index (κ3) is 3.29. The standard InChI is InChI=1S/C21H23NO3/c1-21(2,16-8-4-3-5-9-16)20(25)22-13-12-15(14-22)17-10-6-7-11-18(17)19(23)24/h3-11,15H,12-14H2,1-2H3,(H,23,24).